The van der Waals surface area contributed by atoms with Gasteiger partial charge in [-0.25, -0.2) is 8.42 Å². The van der Waals surface area contributed by atoms with E-state index in [0.29, 0.717) is 18.7 Å². The smallest absolute Gasteiger partial charge is 0.244 e. The summed E-state index contributed by atoms with van der Waals surface area (Å²) in [6.07, 6.45) is 2.26. The molecule has 0 aliphatic heterocycles. The summed E-state index contributed by atoms with van der Waals surface area (Å²) in [6.45, 7) is 5.96. The molecular weight excluding hydrogens is 506 g/mol. The first-order valence-electron chi connectivity index (χ1n) is 10.9. The van der Waals surface area contributed by atoms with E-state index in [9.17, 15) is 18.0 Å². The van der Waals surface area contributed by atoms with Gasteiger partial charge in [0, 0.05) is 17.6 Å². The zero-order valence-corrected chi connectivity index (χ0v) is 21.9. The number of amides is 2. The van der Waals surface area contributed by atoms with Crippen molar-refractivity contribution in [3.63, 3.8) is 0 Å². The van der Waals surface area contributed by atoms with Crippen LogP contribution in [0.25, 0.3) is 0 Å². The Morgan fingerprint density at radius 3 is 2.30 bits per heavy atom. The first-order valence-corrected chi connectivity index (χ1v) is 13.6. The zero-order chi connectivity index (χ0) is 24.6. The van der Waals surface area contributed by atoms with Gasteiger partial charge < -0.3 is 10.2 Å². The van der Waals surface area contributed by atoms with Gasteiger partial charge in [-0.1, -0.05) is 60.1 Å². The molecule has 0 aliphatic rings. The predicted octanol–water partition coefficient (Wildman–Crippen LogP) is 3.86. The highest BCUT2D eigenvalue weighted by Gasteiger charge is 2.31. The van der Waals surface area contributed by atoms with Crippen molar-refractivity contribution in [2.45, 2.75) is 46.2 Å². The highest BCUT2D eigenvalue weighted by atomic mass is 79.9. The van der Waals surface area contributed by atoms with Crippen LogP contribution < -0.4 is 9.62 Å². The van der Waals surface area contributed by atoms with Crippen molar-refractivity contribution < 1.29 is 18.0 Å². The highest BCUT2D eigenvalue weighted by Crippen LogP contribution is 2.25. The van der Waals surface area contributed by atoms with Crippen molar-refractivity contribution in [2.24, 2.45) is 0 Å². The van der Waals surface area contributed by atoms with Crippen molar-refractivity contribution >= 4 is 43.5 Å². The molecule has 0 spiro atoms. The lowest BCUT2D eigenvalue weighted by Crippen LogP contribution is -2.52. The molecule has 0 saturated carbocycles. The molecule has 1 N–H and O–H groups in total. The maximum Gasteiger partial charge on any atom is 0.244 e. The third-order valence-electron chi connectivity index (χ3n) is 5.24. The molecule has 1 atom stereocenters. The van der Waals surface area contributed by atoms with Crippen LogP contribution in [0.4, 0.5) is 5.69 Å². The van der Waals surface area contributed by atoms with Gasteiger partial charge in [0.2, 0.25) is 21.8 Å². The fourth-order valence-electron chi connectivity index (χ4n) is 3.46. The third-order valence-corrected chi connectivity index (χ3v) is 7.27. The molecule has 0 fully saturated rings. The van der Waals surface area contributed by atoms with Crippen molar-refractivity contribution in [1.82, 2.24) is 10.2 Å². The van der Waals surface area contributed by atoms with E-state index in [1.165, 1.54) is 4.90 Å². The van der Waals surface area contributed by atoms with Gasteiger partial charge >= 0.3 is 0 Å². The molecule has 2 aromatic carbocycles. The normalized spacial score (nSPS) is 12.2. The fraction of sp³-hybridized carbons (Fsp3) is 0.417. The number of carbonyl (C=O) groups excluding carboxylic acids is 2. The Labute approximate surface area is 205 Å². The monoisotopic (exact) mass is 537 g/mol. The summed E-state index contributed by atoms with van der Waals surface area (Å²) in [5, 5.41) is 2.86. The van der Waals surface area contributed by atoms with Crippen LogP contribution in [0.1, 0.15) is 37.8 Å². The Balaban J connectivity index is 2.41. The van der Waals surface area contributed by atoms with Crippen LogP contribution in [-0.2, 0) is 26.2 Å². The van der Waals surface area contributed by atoms with Gasteiger partial charge in [0.15, 0.2) is 0 Å². The van der Waals surface area contributed by atoms with Crippen LogP contribution in [0, 0.1) is 6.92 Å². The number of halogens is 1. The SMILES string of the molecule is CCCNC(=O)[C@@H](CC)N(Cc1ccccc1)C(=O)CN(c1ccc(Br)c(C)c1)S(C)(=O)=O. The molecule has 180 valence electrons. The minimum atomic E-state index is -3.75. The van der Waals surface area contributed by atoms with E-state index >= 15 is 0 Å². The molecule has 2 rings (SSSR count). The second-order valence-electron chi connectivity index (χ2n) is 7.93. The van der Waals surface area contributed by atoms with Gasteiger partial charge in [0.25, 0.3) is 0 Å². The van der Waals surface area contributed by atoms with Crippen molar-refractivity contribution in [3.05, 3.63) is 64.1 Å². The lowest BCUT2D eigenvalue weighted by Gasteiger charge is -2.33. The topological polar surface area (TPSA) is 86.8 Å². The zero-order valence-electron chi connectivity index (χ0n) is 19.5. The van der Waals surface area contributed by atoms with Crippen molar-refractivity contribution in [3.8, 4) is 0 Å². The molecule has 0 radical (unpaired) electrons. The number of carbonyl (C=O) groups is 2. The summed E-state index contributed by atoms with van der Waals surface area (Å²) in [6, 6.07) is 13.8. The Kier molecular flexibility index (Phi) is 9.91. The lowest BCUT2D eigenvalue weighted by atomic mass is 10.1. The Bertz CT molecular complexity index is 1060. The van der Waals surface area contributed by atoms with Gasteiger partial charge in [-0.3, -0.25) is 13.9 Å². The van der Waals surface area contributed by atoms with Crippen LogP contribution in [-0.4, -0.2) is 50.5 Å². The number of anilines is 1. The Morgan fingerprint density at radius 1 is 1.09 bits per heavy atom. The van der Waals surface area contributed by atoms with Crippen molar-refractivity contribution in [1.29, 1.82) is 0 Å². The van der Waals surface area contributed by atoms with Crippen LogP contribution in [0.15, 0.2) is 53.0 Å². The number of benzene rings is 2. The first-order chi connectivity index (χ1) is 15.6. The fourth-order valence-corrected chi connectivity index (χ4v) is 4.55. The van der Waals surface area contributed by atoms with Crippen LogP contribution in [0.3, 0.4) is 0 Å². The molecule has 0 bridgehead atoms. The minimum Gasteiger partial charge on any atom is -0.354 e. The Hall–Kier alpha value is -2.39. The maximum absolute atomic E-state index is 13.5. The molecular formula is C24H32BrN3O4S. The average Bonchev–Trinajstić information content (AvgIpc) is 2.77. The number of aryl methyl sites for hydroxylation is 1. The summed E-state index contributed by atoms with van der Waals surface area (Å²) in [5.41, 5.74) is 2.10. The number of sulfonamides is 1. The summed E-state index contributed by atoms with van der Waals surface area (Å²) < 4.78 is 27.2. The number of nitrogens with one attached hydrogen (secondary N) is 1. The number of hydrogen-bond acceptors (Lipinski definition) is 4. The number of hydrogen-bond donors (Lipinski definition) is 1. The van der Waals surface area contributed by atoms with Gasteiger partial charge in [0.05, 0.1) is 11.9 Å². The van der Waals surface area contributed by atoms with E-state index in [1.54, 1.807) is 18.2 Å². The van der Waals surface area contributed by atoms with Crippen LogP contribution in [0.2, 0.25) is 0 Å². The minimum absolute atomic E-state index is 0.203. The standard InChI is InChI=1S/C24H32BrN3O4S/c1-5-14-26-24(30)22(6-2)27(16-19-10-8-7-9-11-19)23(29)17-28(33(4,31)32)20-12-13-21(25)18(3)15-20/h7-13,15,22H,5-6,14,16-17H2,1-4H3,(H,26,30)/t22-/m1/s1. The quantitative estimate of drug-likeness (QED) is 0.471. The second kappa shape index (κ2) is 12.2. The van der Waals surface area contributed by atoms with Gasteiger partial charge in [-0.2, -0.15) is 0 Å². The summed E-state index contributed by atoms with van der Waals surface area (Å²) in [5.74, 6) is -0.683. The van der Waals surface area contributed by atoms with E-state index in [-0.39, 0.29) is 12.5 Å². The van der Waals surface area contributed by atoms with E-state index in [0.717, 1.165) is 32.6 Å². The van der Waals surface area contributed by atoms with E-state index < -0.39 is 28.5 Å². The van der Waals surface area contributed by atoms with Gasteiger partial charge in [-0.15, -0.1) is 0 Å². The van der Waals surface area contributed by atoms with E-state index in [1.807, 2.05) is 51.1 Å². The second-order valence-corrected chi connectivity index (χ2v) is 10.7. The number of nitrogens with zero attached hydrogens (tertiary/aromatic N) is 2. The van der Waals surface area contributed by atoms with Gasteiger partial charge in [-0.05, 0) is 49.1 Å². The van der Waals surface area contributed by atoms with E-state index in [2.05, 4.69) is 21.2 Å². The molecule has 9 heteroatoms. The molecule has 0 heterocycles. The average molecular weight is 539 g/mol. The summed E-state index contributed by atoms with van der Waals surface area (Å²) in [4.78, 5) is 27.9. The molecule has 33 heavy (non-hydrogen) atoms. The summed E-state index contributed by atoms with van der Waals surface area (Å²) >= 11 is 3.42. The molecule has 0 unspecified atom stereocenters. The number of rotatable bonds is 11. The summed E-state index contributed by atoms with van der Waals surface area (Å²) in [7, 11) is -3.75. The maximum atomic E-state index is 13.5. The predicted molar refractivity (Wildman–Crippen MR) is 135 cm³/mol. The molecule has 0 aromatic heterocycles. The Morgan fingerprint density at radius 2 is 1.76 bits per heavy atom. The molecule has 2 aromatic rings. The van der Waals surface area contributed by atoms with Crippen LogP contribution in [0.5, 0.6) is 0 Å². The highest BCUT2D eigenvalue weighted by molar-refractivity contribution is 9.10. The van der Waals surface area contributed by atoms with Crippen molar-refractivity contribution in [2.75, 3.05) is 23.7 Å². The third kappa shape index (κ3) is 7.57. The first kappa shape index (κ1) is 26.9. The van der Waals surface area contributed by atoms with Crippen LogP contribution >= 0.6 is 15.9 Å². The molecule has 2 amide bonds. The molecule has 7 nitrogen and oxygen atoms in total. The molecule has 0 saturated heterocycles. The van der Waals surface area contributed by atoms with E-state index in [4.69, 9.17) is 0 Å². The lowest BCUT2D eigenvalue weighted by molar-refractivity contribution is -0.140. The molecule has 0 aliphatic carbocycles. The largest absolute Gasteiger partial charge is 0.354 e. The van der Waals surface area contributed by atoms with Gasteiger partial charge in [0.1, 0.15) is 12.6 Å².